The normalized spacial score (nSPS) is 11.4. The third-order valence-corrected chi connectivity index (χ3v) is 3.73. The molecular formula is C20H14FNO5. The van der Waals surface area contributed by atoms with Crippen LogP contribution in [0.15, 0.2) is 65.2 Å². The smallest absolute Gasteiger partial charge is 0.335 e. The van der Waals surface area contributed by atoms with Crippen molar-refractivity contribution in [2.75, 3.05) is 0 Å². The van der Waals surface area contributed by atoms with Gasteiger partial charge >= 0.3 is 5.97 Å². The second-order valence-electron chi connectivity index (χ2n) is 5.70. The van der Waals surface area contributed by atoms with E-state index >= 15 is 0 Å². The first-order valence-electron chi connectivity index (χ1n) is 7.90. The highest BCUT2D eigenvalue weighted by atomic mass is 19.1. The van der Waals surface area contributed by atoms with Crippen LogP contribution in [0.5, 0.6) is 0 Å². The number of rotatable bonds is 6. The lowest BCUT2D eigenvalue weighted by atomic mass is 10.1. The first-order valence-corrected chi connectivity index (χ1v) is 7.90. The number of carbonyl (C=O) groups is 2. The molecule has 0 saturated carbocycles. The highest BCUT2D eigenvalue weighted by molar-refractivity contribution is 6.06. The average molecular weight is 367 g/mol. The van der Waals surface area contributed by atoms with Crippen LogP contribution in [0.3, 0.4) is 0 Å². The van der Waals surface area contributed by atoms with Crippen LogP contribution in [0.2, 0.25) is 0 Å². The van der Waals surface area contributed by atoms with Gasteiger partial charge in [-0.05, 0) is 42.0 Å². The van der Waals surface area contributed by atoms with Crippen LogP contribution in [0.4, 0.5) is 4.39 Å². The number of furan rings is 1. The molecule has 3 rings (SSSR count). The minimum Gasteiger partial charge on any atom is -0.506 e. The molecule has 3 aromatic rings. The summed E-state index contributed by atoms with van der Waals surface area (Å²) >= 11 is 0. The summed E-state index contributed by atoms with van der Waals surface area (Å²) in [7, 11) is 0. The van der Waals surface area contributed by atoms with Gasteiger partial charge in [-0.2, -0.15) is 0 Å². The van der Waals surface area contributed by atoms with Gasteiger partial charge in [0.15, 0.2) is 5.76 Å². The van der Waals surface area contributed by atoms with Gasteiger partial charge in [-0.15, -0.1) is 0 Å². The summed E-state index contributed by atoms with van der Waals surface area (Å²) in [6.07, 6.45) is 2.51. The molecule has 2 N–H and O–H groups in total. The number of benzene rings is 1. The number of halogens is 1. The molecule has 0 bridgehead atoms. The lowest BCUT2D eigenvalue weighted by molar-refractivity contribution is 0.0696. The first kappa shape index (κ1) is 18.1. The molecule has 0 fully saturated rings. The van der Waals surface area contributed by atoms with Crippen molar-refractivity contribution in [1.82, 2.24) is 4.98 Å². The molecule has 6 nitrogen and oxygen atoms in total. The lowest BCUT2D eigenvalue weighted by Gasteiger charge is -2.01. The van der Waals surface area contributed by atoms with Gasteiger partial charge in [0.05, 0.1) is 5.56 Å². The Hall–Kier alpha value is -3.74. The second kappa shape index (κ2) is 7.65. The molecule has 0 aliphatic carbocycles. The number of aliphatic hydroxyl groups is 1. The van der Waals surface area contributed by atoms with Gasteiger partial charge in [-0.25, -0.2) is 9.18 Å². The van der Waals surface area contributed by atoms with Gasteiger partial charge in [0, 0.05) is 18.7 Å². The molecule has 27 heavy (non-hydrogen) atoms. The Morgan fingerprint density at radius 2 is 1.81 bits per heavy atom. The van der Waals surface area contributed by atoms with Crippen molar-refractivity contribution < 1.29 is 28.6 Å². The van der Waals surface area contributed by atoms with Crippen LogP contribution < -0.4 is 0 Å². The summed E-state index contributed by atoms with van der Waals surface area (Å²) in [5.74, 6) is -2.07. The van der Waals surface area contributed by atoms with Crippen molar-refractivity contribution in [3.63, 3.8) is 0 Å². The number of carboxylic acids is 1. The molecule has 0 radical (unpaired) electrons. The summed E-state index contributed by atoms with van der Waals surface area (Å²) in [6.45, 7) is 0. The lowest BCUT2D eigenvalue weighted by Crippen LogP contribution is -2.00. The van der Waals surface area contributed by atoms with Gasteiger partial charge in [0.25, 0.3) is 0 Å². The van der Waals surface area contributed by atoms with E-state index in [0.29, 0.717) is 12.2 Å². The predicted molar refractivity (Wildman–Crippen MR) is 94.0 cm³/mol. The number of nitrogens with zero attached hydrogens (tertiary/aromatic N) is 1. The molecule has 0 unspecified atom stereocenters. The number of hydrogen-bond donors (Lipinski definition) is 2. The molecule has 7 heteroatoms. The minimum atomic E-state index is -1.17. The SMILES string of the molecule is O=C(O)c1ccnc(/C(O)=C/C(=O)c2ccc(Cc3ccc(F)cc3)o2)c1. The van der Waals surface area contributed by atoms with Crippen molar-refractivity contribution in [3.05, 3.63) is 95.0 Å². The van der Waals surface area contributed by atoms with Crippen LogP contribution in [0.1, 0.15) is 37.9 Å². The van der Waals surface area contributed by atoms with Crippen LogP contribution in [0, 0.1) is 5.82 Å². The predicted octanol–water partition coefficient (Wildman–Crippen LogP) is 3.88. The fraction of sp³-hybridized carbons (Fsp3) is 0.0500. The molecule has 1 aromatic carbocycles. The largest absolute Gasteiger partial charge is 0.506 e. The van der Waals surface area contributed by atoms with Crippen molar-refractivity contribution >= 4 is 17.5 Å². The van der Waals surface area contributed by atoms with Crippen molar-refractivity contribution in [1.29, 1.82) is 0 Å². The zero-order chi connectivity index (χ0) is 19.4. The van der Waals surface area contributed by atoms with Gasteiger partial charge < -0.3 is 14.6 Å². The van der Waals surface area contributed by atoms with Crippen molar-refractivity contribution in [2.45, 2.75) is 6.42 Å². The molecule has 0 atom stereocenters. The number of hydrogen-bond acceptors (Lipinski definition) is 5. The number of carbonyl (C=O) groups excluding carboxylic acids is 1. The number of aliphatic hydroxyl groups excluding tert-OH is 1. The average Bonchev–Trinajstić information content (AvgIpc) is 3.12. The number of carboxylic acid groups (broad SMARTS) is 1. The molecule has 2 aromatic heterocycles. The van der Waals surface area contributed by atoms with Gasteiger partial charge in [-0.3, -0.25) is 9.78 Å². The maximum Gasteiger partial charge on any atom is 0.335 e. The zero-order valence-corrected chi connectivity index (χ0v) is 13.9. The Bertz CT molecular complexity index is 1020. The molecule has 2 heterocycles. The van der Waals surface area contributed by atoms with E-state index in [1.807, 2.05) is 0 Å². The number of aromatic nitrogens is 1. The monoisotopic (exact) mass is 367 g/mol. The van der Waals surface area contributed by atoms with E-state index < -0.39 is 17.5 Å². The Morgan fingerprint density at radius 3 is 2.52 bits per heavy atom. The molecule has 0 saturated heterocycles. The molecule has 0 aliphatic heterocycles. The van der Waals surface area contributed by atoms with Crippen molar-refractivity contribution in [2.24, 2.45) is 0 Å². The molecular weight excluding hydrogens is 353 g/mol. The van der Waals surface area contributed by atoms with E-state index in [2.05, 4.69) is 4.98 Å². The van der Waals surface area contributed by atoms with Crippen LogP contribution >= 0.6 is 0 Å². The third-order valence-electron chi connectivity index (χ3n) is 3.73. The van der Waals surface area contributed by atoms with E-state index in [1.54, 1.807) is 18.2 Å². The first-order chi connectivity index (χ1) is 12.9. The Balaban J connectivity index is 1.75. The molecule has 0 amide bonds. The molecule has 136 valence electrons. The summed E-state index contributed by atoms with van der Waals surface area (Å²) in [5.41, 5.74) is 0.714. The third kappa shape index (κ3) is 4.46. The van der Waals surface area contributed by atoms with Crippen LogP contribution in [-0.4, -0.2) is 26.9 Å². The number of allylic oxidation sites excluding steroid dienone is 1. The van der Waals surface area contributed by atoms with Crippen LogP contribution in [-0.2, 0) is 6.42 Å². The van der Waals surface area contributed by atoms with Crippen molar-refractivity contribution in [3.8, 4) is 0 Å². The summed E-state index contributed by atoms with van der Waals surface area (Å²) < 4.78 is 18.4. The Morgan fingerprint density at radius 1 is 1.07 bits per heavy atom. The van der Waals surface area contributed by atoms with Gasteiger partial charge in [0.1, 0.15) is 23.0 Å². The number of ketones is 1. The van der Waals surface area contributed by atoms with Crippen LogP contribution in [0.25, 0.3) is 5.76 Å². The highest BCUT2D eigenvalue weighted by Gasteiger charge is 2.13. The Kier molecular flexibility index (Phi) is 5.12. The van der Waals surface area contributed by atoms with Gasteiger partial charge in [-0.1, -0.05) is 12.1 Å². The van der Waals surface area contributed by atoms with E-state index in [1.165, 1.54) is 30.5 Å². The quantitative estimate of drug-likeness (QED) is 0.389. The highest BCUT2D eigenvalue weighted by Crippen LogP contribution is 2.17. The minimum absolute atomic E-state index is 0.00745. The van der Waals surface area contributed by atoms with E-state index in [9.17, 15) is 19.1 Å². The Labute approximate surface area is 153 Å². The van der Waals surface area contributed by atoms with E-state index in [4.69, 9.17) is 9.52 Å². The number of pyridine rings is 1. The number of aromatic carboxylic acids is 1. The van der Waals surface area contributed by atoms with E-state index in [-0.39, 0.29) is 22.8 Å². The summed E-state index contributed by atoms with van der Waals surface area (Å²) in [5, 5.41) is 19.0. The fourth-order valence-corrected chi connectivity index (χ4v) is 2.38. The van der Waals surface area contributed by atoms with E-state index in [0.717, 1.165) is 17.7 Å². The maximum atomic E-state index is 12.9. The summed E-state index contributed by atoms with van der Waals surface area (Å²) in [6, 6.07) is 11.4. The second-order valence-corrected chi connectivity index (χ2v) is 5.70. The zero-order valence-electron chi connectivity index (χ0n) is 13.9. The standard InChI is InChI=1S/C20H14FNO5/c21-14-3-1-12(2-4-14)9-15-5-6-19(27-15)18(24)11-17(23)16-10-13(20(25)26)7-8-22-16/h1-8,10-11,23H,9H2,(H,25,26)/b17-11-. The molecule has 0 aliphatic rings. The van der Waals surface area contributed by atoms with Gasteiger partial charge in [0.2, 0.25) is 5.78 Å². The fourth-order valence-electron chi connectivity index (χ4n) is 2.38. The topological polar surface area (TPSA) is 101 Å². The molecule has 0 spiro atoms. The maximum absolute atomic E-state index is 12.9. The summed E-state index contributed by atoms with van der Waals surface area (Å²) in [4.78, 5) is 27.0.